The van der Waals surface area contributed by atoms with Crippen LogP contribution in [-0.2, 0) is 0 Å². The summed E-state index contributed by atoms with van der Waals surface area (Å²) in [5.41, 5.74) is 1.48. The summed E-state index contributed by atoms with van der Waals surface area (Å²) >= 11 is 5.77. The van der Waals surface area contributed by atoms with Gasteiger partial charge in [0.1, 0.15) is 5.82 Å². The van der Waals surface area contributed by atoms with Crippen LogP contribution in [0, 0.1) is 5.82 Å². The van der Waals surface area contributed by atoms with Crippen LogP contribution in [0.2, 0.25) is 5.02 Å². The number of rotatable bonds is 3. The second-order valence-corrected chi connectivity index (χ2v) is 4.82. The standard InChI is InChI=1S/C15H14ClFN2O/c1-10(11-2-6-13(17)7-3-11)18-15(20)19-14-8-4-12(16)5-9-14/h2-10H,1H3,(H2,18,19,20)/t10-/m0/s1. The van der Waals surface area contributed by atoms with Crippen molar-refractivity contribution in [3.05, 3.63) is 64.9 Å². The molecule has 104 valence electrons. The van der Waals surface area contributed by atoms with E-state index >= 15 is 0 Å². The molecular formula is C15H14ClFN2O. The predicted octanol–water partition coefficient (Wildman–Crippen LogP) is 4.36. The average Bonchev–Trinajstić information content (AvgIpc) is 2.42. The number of nitrogens with one attached hydrogen (secondary N) is 2. The highest BCUT2D eigenvalue weighted by atomic mass is 35.5. The van der Waals surface area contributed by atoms with Gasteiger partial charge in [-0.25, -0.2) is 9.18 Å². The Kier molecular flexibility index (Phi) is 4.58. The molecule has 0 aliphatic rings. The van der Waals surface area contributed by atoms with E-state index in [9.17, 15) is 9.18 Å². The average molecular weight is 293 g/mol. The Balaban J connectivity index is 1.93. The predicted molar refractivity (Wildman–Crippen MR) is 78.4 cm³/mol. The minimum atomic E-state index is -0.329. The molecule has 1 atom stereocenters. The molecule has 2 amide bonds. The Labute approximate surface area is 121 Å². The summed E-state index contributed by atoms with van der Waals surface area (Å²) in [7, 11) is 0. The number of carbonyl (C=O) groups is 1. The topological polar surface area (TPSA) is 41.1 Å². The Morgan fingerprint density at radius 3 is 2.30 bits per heavy atom. The van der Waals surface area contributed by atoms with Crippen LogP contribution in [0.5, 0.6) is 0 Å². The second kappa shape index (κ2) is 6.39. The molecule has 0 radical (unpaired) electrons. The third-order valence-electron chi connectivity index (χ3n) is 2.82. The van der Waals surface area contributed by atoms with Gasteiger partial charge in [0, 0.05) is 10.7 Å². The fourth-order valence-corrected chi connectivity index (χ4v) is 1.86. The highest BCUT2D eigenvalue weighted by Crippen LogP contribution is 2.15. The molecule has 0 aliphatic carbocycles. The lowest BCUT2D eigenvalue weighted by Crippen LogP contribution is -2.31. The summed E-state index contributed by atoms with van der Waals surface area (Å²) in [6, 6.07) is 12.3. The molecule has 2 aromatic rings. The van der Waals surface area contributed by atoms with E-state index in [4.69, 9.17) is 11.6 Å². The summed E-state index contributed by atoms with van der Waals surface area (Å²) in [4.78, 5) is 11.8. The number of benzene rings is 2. The van der Waals surface area contributed by atoms with E-state index < -0.39 is 0 Å². The van der Waals surface area contributed by atoms with Gasteiger partial charge in [-0.1, -0.05) is 23.7 Å². The first-order valence-electron chi connectivity index (χ1n) is 6.13. The van der Waals surface area contributed by atoms with Crippen molar-refractivity contribution >= 4 is 23.3 Å². The van der Waals surface area contributed by atoms with Crippen LogP contribution in [0.4, 0.5) is 14.9 Å². The lowest BCUT2D eigenvalue weighted by molar-refractivity contribution is 0.249. The summed E-state index contributed by atoms with van der Waals surface area (Å²) in [5, 5.41) is 6.08. The van der Waals surface area contributed by atoms with Gasteiger partial charge in [-0.15, -0.1) is 0 Å². The smallest absolute Gasteiger partial charge is 0.319 e. The highest BCUT2D eigenvalue weighted by Gasteiger charge is 2.09. The largest absolute Gasteiger partial charge is 0.331 e. The normalized spacial score (nSPS) is 11.8. The zero-order valence-electron chi connectivity index (χ0n) is 10.9. The molecule has 0 fully saturated rings. The van der Waals surface area contributed by atoms with Gasteiger partial charge >= 0.3 is 6.03 Å². The van der Waals surface area contributed by atoms with E-state index in [1.54, 1.807) is 36.4 Å². The second-order valence-electron chi connectivity index (χ2n) is 4.38. The molecule has 2 rings (SSSR count). The molecule has 0 saturated heterocycles. The molecule has 2 aromatic carbocycles. The van der Waals surface area contributed by atoms with Crippen LogP contribution in [0.25, 0.3) is 0 Å². The zero-order valence-corrected chi connectivity index (χ0v) is 11.6. The fourth-order valence-electron chi connectivity index (χ4n) is 1.73. The number of urea groups is 1. The van der Waals surface area contributed by atoms with Crippen molar-refractivity contribution in [1.82, 2.24) is 5.32 Å². The number of hydrogen-bond donors (Lipinski definition) is 2. The van der Waals surface area contributed by atoms with Crippen molar-refractivity contribution < 1.29 is 9.18 Å². The monoisotopic (exact) mass is 292 g/mol. The molecule has 5 heteroatoms. The number of amides is 2. The van der Waals surface area contributed by atoms with E-state index in [1.165, 1.54) is 12.1 Å². The first kappa shape index (κ1) is 14.3. The molecule has 0 spiro atoms. The Morgan fingerprint density at radius 1 is 1.10 bits per heavy atom. The van der Waals surface area contributed by atoms with E-state index in [0.29, 0.717) is 10.7 Å². The maximum atomic E-state index is 12.8. The van der Waals surface area contributed by atoms with Gasteiger partial charge in [0.15, 0.2) is 0 Å². The number of anilines is 1. The number of hydrogen-bond acceptors (Lipinski definition) is 1. The van der Waals surface area contributed by atoms with Gasteiger partial charge in [0.2, 0.25) is 0 Å². The van der Waals surface area contributed by atoms with E-state index in [-0.39, 0.29) is 17.9 Å². The first-order valence-corrected chi connectivity index (χ1v) is 6.51. The molecule has 0 aromatic heterocycles. The molecule has 2 N–H and O–H groups in total. The summed E-state index contributed by atoms with van der Waals surface area (Å²) in [6.45, 7) is 1.83. The van der Waals surface area contributed by atoms with E-state index in [2.05, 4.69) is 10.6 Å². The molecular weight excluding hydrogens is 279 g/mol. The molecule has 0 unspecified atom stereocenters. The van der Waals surface area contributed by atoms with Crippen LogP contribution in [0.1, 0.15) is 18.5 Å². The summed E-state index contributed by atoms with van der Waals surface area (Å²) < 4.78 is 12.8. The summed E-state index contributed by atoms with van der Waals surface area (Å²) in [6.07, 6.45) is 0. The van der Waals surface area contributed by atoms with Crippen LogP contribution in [-0.4, -0.2) is 6.03 Å². The van der Waals surface area contributed by atoms with Gasteiger partial charge in [-0.3, -0.25) is 0 Å². The van der Waals surface area contributed by atoms with Crippen LogP contribution in [0.15, 0.2) is 48.5 Å². The van der Waals surface area contributed by atoms with Crippen LogP contribution < -0.4 is 10.6 Å². The van der Waals surface area contributed by atoms with Crippen LogP contribution >= 0.6 is 11.6 Å². The molecule has 0 bridgehead atoms. The van der Waals surface area contributed by atoms with Crippen molar-refractivity contribution in [2.45, 2.75) is 13.0 Å². The van der Waals surface area contributed by atoms with Crippen molar-refractivity contribution in [1.29, 1.82) is 0 Å². The third-order valence-corrected chi connectivity index (χ3v) is 3.07. The fraction of sp³-hybridized carbons (Fsp3) is 0.133. The van der Waals surface area contributed by atoms with Gasteiger partial charge in [-0.05, 0) is 48.9 Å². The van der Waals surface area contributed by atoms with Gasteiger partial charge in [0.05, 0.1) is 6.04 Å². The molecule has 0 heterocycles. The SMILES string of the molecule is C[C@H](NC(=O)Nc1ccc(Cl)cc1)c1ccc(F)cc1. The van der Waals surface area contributed by atoms with Gasteiger partial charge in [0.25, 0.3) is 0 Å². The maximum absolute atomic E-state index is 12.8. The third kappa shape index (κ3) is 3.96. The van der Waals surface area contributed by atoms with E-state index in [0.717, 1.165) is 5.56 Å². The number of halogens is 2. The van der Waals surface area contributed by atoms with E-state index in [1.807, 2.05) is 6.92 Å². The maximum Gasteiger partial charge on any atom is 0.319 e. The molecule has 0 aliphatic heterocycles. The minimum Gasteiger partial charge on any atom is -0.331 e. The van der Waals surface area contributed by atoms with Crippen molar-refractivity contribution in [2.75, 3.05) is 5.32 Å². The molecule has 20 heavy (non-hydrogen) atoms. The van der Waals surface area contributed by atoms with Gasteiger partial charge in [-0.2, -0.15) is 0 Å². The van der Waals surface area contributed by atoms with Crippen molar-refractivity contribution in [3.8, 4) is 0 Å². The van der Waals surface area contributed by atoms with Gasteiger partial charge < -0.3 is 10.6 Å². The highest BCUT2D eigenvalue weighted by molar-refractivity contribution is 6.30. The molecule has 0 saturated carbocycles. The lowest BCUT2D eigenvalue weighted by atomic mass is 10.1. The van der Waals surface area contributed by atoms with Crippen molar-refractivity contribution in [3.63, 3.8) is 0 Å². The Morgan fingerprint density at radius 2 is 1.70 bits per heavy atom. The Hall–Kier alpha value is -2.07. The summed E-state index contributed by atoms with van der Waals surface area (Å²) in [5.74, 6) is -0.299. The minimum absolute atomic E-state index is 0.220. The number of carbonyl (C=O) groups excluding carboxylic acids is 1. The van der Waals surface area contributed by atoms with Crippen LogP contribution in [0.3, 0.4) is 0 Å². The van der Waals surface area contributed by atoms with Crippen molar-refractivity contribution in [2.24, 2.45) is 0 Å². The zero-order chi connectivity index (χ0) is 14.5. The quantitative estimate of drug-likeness (QED) is 0.867. The first-order chi connectivity index (χ1) is 9.54. The Bertz CT molecular complexity index is 584. The molecule has 3 nitrogen and oxygen atoms in total. The lowest BCUT2D eigenvalue weighted by Gasteiger charge is -2.15.